The number of nitrogens with two attached hydrogens (primary N) is 1. The third-order valence-electron chi connectivity index (χ3n) is 2.27. The van der Waals surface area contributed by atoms with Gasteiger partial charge in [-0.15, -0.1) is 10.2 Å². The van der Waals surface area contributed by atoms with E-state index in [4.69, 9.17) is 11.0 Å². The number of nitriles is 1. The van der Waals surface area contributed by atoms with Crippen LogP contribution in [-0.4, -0.2) is 26.5 Å². The molecule has 1 amide bonds. The molecule has 0 unspecified atom stereocenters. The van der Waals surface area contributed by atoms with E-state index in [0.29, 0.717) is 0 Å². The number of anilines is 1. The molecule has 0 saturated heterocycles. The van der Waals surface area contributed by atoms with E-state index in [1.807, 2.05) is 6.07 Å². The summed E-state index contributed by atoms with van der Waals surface area (Å²) in [6.45, 7) is 0. The van der Waals surface area contributed by atoms with Crippen molar-refractivity contribution < 1.29 is 9.18 Å². The summed E-state index contributed by atoms with van der Waals surface area (Å²) in [5.74, 6) is -1.29. The van der Waals surface area contributed by atoms with E-state index >= 15 is 0 Å². The molecule has 1 aromatic carbocycles. The Morgan fingerprint density at radius 3 is 2.90 bits per heavy atom. The lowest BCUT2D eigenvalue weighted by atomic mass is 10.2. The molecule has 100 valence electrons. The fraction of sp³-hybridized carbons (Fsp3) is 0. The number of halogens is 1. The number of benzene rings is 1. The number of amides is 1. The molecule has 0 saturated carbocycles. The van der Waals surface area contributed by atoms with Crippen molar-refractivity contribution >= 4 is 17.2 Å². The summed E-state index contributed by atoms with van der Waals surface area (Å²) in [5, 5.41) is 24.4. The standard InChI is InChI=1S/C11H8FN7O/c12-8-1-6(10(14)20)2-9(3-8)15-5-7(4-13)11-16-18-19-17-11/h1-3,5,15H,(H2,14,20)(H,16,17,18,19). The molecule has 2 rings (SSSR count). The van der Waals surface area contributed by atoms with Gasteiger partial charge in [0, 0.05) is 17.5 Å². The third-order valence-corrected chi connectivity index (χ3v) is 2.27. The number of aromatic amines is 1. The van der Waals surface area contributed by atoms with Gasteiger partial charge in [0.25, 0.3) is 0 Å². The van der Waals surface area contributed by atoms with Crippen LogP contribution in [0.2, 0.25) is 0 Å². The first-order valence-corrected chi connectivity index (χ1v) is 5.31. The fourth-order valence-electron chi connectivity index (χ4n) is 1.39. The second-order valence-corrected chi connectivity index (χ2v) is 3.64. The van der Waals surface area contributed by atoms with E-state index < -0.39 is 11.7 Å². The van der Waals surface area contributed by atoms with Crippen LogP contribution in [0.25, 0.3) is 5.57 Å². The Kier molecular flexibility index (Phi) is 3.67. The molecule has 0 fully saturated rings. The number of carbonyl (C=O) groups excluding carboxylic acids is 1. The van der Waals surface area contributed by atoms with Gasteiger partial charge in [0.15, 0.2) is 0 Å². The lowest BCUT2D eigenvalue weighted by molar-refractivity contribution is 0.1000. The van der Waals surface area contributed by atoms with E-state index in [1.165, 1.54) is 12.3 Å². The number of nitrogens with zero attached hydrogens (tertiary/aromatic N) is 4. The van der Waals surface area contributed by atoms with Gasteiger partial charge in [-0.05, 0) is 23.4 Å². The maximum atomic E-state index is 13.3. The second kappa shape index (κ2) is 5.57. The van der Waals surface area contributed by atoms with Crippen molar-refractivity contribution in [3.8, 4) is 6.07 Å². The van der Waals surface area contributed by atoms with Crippen LogP contribution in [-0.2, 0) is 0 Å². The summed E-state index contributed by atoms with van der Waals surface area (Å²) in [6.07, 6.45) is 1.27. The minimum absolute atomic E-state index is 0.0129. The zero-order valence-electron chi connectivity index (χ0n) is 9.96. The van der Waals surface area contributed by atoms with Gasteiger partial charge in [-0.25, -0.2) is 4.39 Å². The molecule has 1 heterocycles. The number of aromatic nitrogens is 4. The second-order valence-electron chi connectivity index (χ2n) is 3.64. The Morgan fingerprint density at radius 1 is 1.50 bits per heavy atom. The number of hydrogen-bond donors (Lipinski definition) is 3. The Balaban J connectivity index is 2.26. The number of H-pyrrole nitrogens is 1. The maximum Gasteiger partial charge on any atom is 0.248 e. The van der Waals surface area contributed by atoms with Gasteiger partial charge in [-0.3, -0.25) is 4.79 Å². The van der Waals surface area contributed by atoms with Gasteiger partial charge in [0.05, 0.1) is 0 Å². The van der Waals surface area contributed by atoms with Crippen LogP contribution in [0.5, 0.6) is 0 Å². The van der Waals surface area contributed by atoms with Crippen molar-refractivity contribution in [1.82, 2.24) is 20.6 Å². The lowest BCUT2D eigenvalue weighted by Crippen LogP contribution is -2.11. The summed E-state index contributed by atoms with van der Waals surface area (Å²) in [5.41, 5.74) is 5.44. The normalized spacial score (nSPS) is 10.9. The van der Waals surface area contributed by atoms with Crippen molar-refractivity contribution in [3.05, 3.63) is 41.6 Å². The molecule has 0 aliphatic heterocycles. The molecular weight excluding hydrogens is 265 g/mol. The summed E-state index contributed by atoms with van der Waals surface area (Å²) in [6, 6.07) is 5.37. The molecule has 0 spiro atoms. The van der Waals surface area contributed by atoms with Crippen LogP contribution in [0.15, 0.2) is 24.4 Å². The summed E-state index contributed by atoms with van der Waals surface area (Å²) in [4.78, 5) is 11.0. The first-order chi connectivity index (χ1) is 9.60. The van der Waals surface area contributed by atoms with E-state index in [9.17, 15) is 9.18 Å². The van der Waals surface area contributed by atoms with Crippen molar-refractivity contribution in [2.24, 2.45) is 5.73 Å². The largest absolute Gasteiger partial charge is 0.366 e. The maximum absolute atomic E-state index is 13.3. The Bertz CT molecular complexity index is 702. The quantitative estimate of drug-likeness (QED) is 0.691. The molecule has 0 bridgehead atoms. The predicted octanol–water partition coefficient (Wildman–Crippen LogP) is 0.414. The number of carbonyl (C=O) groups is 1. The summed E-state index contributed by atoms with van der Waals surface area (Å²) >= 11 is 0. The molecule has 0 aliphatic carbocycles. The van der Waals surface area contributed by atoms with Gasteiger partial charge in [0.1, 0.15) is 17.5 Å². The van der Waals surface area contributed by atoms with Crippen LogP contribution >= 0.6 is 0 Å². The number of rotatable bonds is 4. The van der Waals surface area contributed by atoms with Gasteiger partial charge >= 0.3 is 0 Å². The summed E-state index contributed by atoms with van der Waals surface area (Å²) in [7, 11) is 0. The van der Waals surface area contributed by atoms with Crippen LogP contribution < -0.4 is 11.1 Å². The lowest BCUT2D eigenvalue weighted by Gasteiger charge is -2.04. The third kappa shape index (κ3) is 2.94. The van der Waals surface area contributed by atoms with Crippen LogP contribution in [0.4, 0.5) is 10.1 Å². The average molecular weight is 273 g/mol. The van der Waals surface area contributed by atoms with E-state index in [-0.39, 0.29) is 22.6 Å². The molecule has 0 atom stereocenters. The van der Waals surface area contributed by atoms with Crippen LogP contribution in [0.3, 0.4) is 0 Å². The van der Waals surface area contributed by atoms with Crippen LogP contribution in [0, 0.1) is 17.1 Å². The van der Waals surface area contributed by atoms with Gasteiger partial charge in [-0.1, -0.05) is 0 Å². The molecule has 20 heavy (non-hydrogen) atoms. The molecule has 0 radical (unpaired) electrons. The zero-order chi connectivity index (χ0) is 14.5. The van der Waals surface area contributed by atoms with E-state index in [1.54, 1.807) is 0 Å². The summed E-state index contributed by atoms with van der Waals surface area (Å²) < 4.78 is 13.3. The molecule has 2 aromatic rings. The highest BCUT2D eigenvalue weighted by Gasteiger charge is 2.07. The van der Waals surface area contributed by atoms with E-state index in [2.05, 4.69) is 25.9 Å². The van der Waals surface area contributed by atoms with Crippen LogP contribution in [0.1, 0.15) is 16.2 Å². The van der Waals surface area contributed by atoms with Gasteiger partial charge in [0.2, 0.25) is 11.7 Å². The Morgan fingerprint density at radius 2 is 2.30 bits per heavy atom. The van der Waals surface area contributed by atoms with Gasteiger partial charge < -0.3 is 11.1 Å². The first-order valence-electron chi connectivity index (χ1n) is 5.31. The molecule has 0 aliphatic rings. The average Bonchev–Trinajstić information content (AvgIpc) is 2.93. The first kappa shape index (κ1) is 13.2. The number of nitrogens with one attached hydrogen (secondary N) is 2. The highest BCUT2D eigenvalue weighted by atomic mass is 19.1. The van der Waals surface area contributed by atoms with Crippen molar-refractivity contribution in [2.75, 3.05) is 5.32 Å². The monoisotopic (exact) mass is 273 g/mol. The number of hydrogen-bond acceptors (Lipinski definition) is 6. The molecular formula is C11H8FN7O. The van der Waals surface area contributed by atoms with Crippen molar-refractivity contribution in [2.45, 2.75) is 0 Å². The number of tetrazole rings is 1. The Hall–Kier alpha value is -3.28. The topological polar surface area (TPSA) is 133 Å². The molecule has 8 nitrogen and oxygen atoms in total. The number of primary amides is 1. The fourth-order valence-corrected chi connectivity index (χ4v) is 1.39. The van der Waals surface area contributed by atoms with Gasteiger partial charge in [-0.2, -0.15) is 10.5 Å². The Labute approximate surface area is 112 Å². The smallest absolute Gasteiger partial charge is 0.248 e. The molecule has 4 N–H and O–H groups in total. The highest BCUT2D eigenvalue weighted by Crippen LogP contribution is 2.15. The van der Waals surface area contributed by atoms with E-state index in [0.717, 1.165) is 12.1 Å². The number of allylic oxidation sites excluding steroid dienone is 1. The molecule has 1 aromatic heterocycles. The minimum atomic E-state index is -0.754. The minimum Gasteiger partial charge on any atom is -0.366 e. The highest BCUT2D eigenvalue weighted by molar-refractivity contribution is 5.93. The SMILES string of the molecule is N#CC(=CNc1cc(F)cc(C(N)=O)c1)c1nn[nH]n1. The van der Waals surface area contributed by atoms with Crippen molar-refractivity contribution in [1.29, 1.82) is 5.26 Å². The molecule has 9 heteroatoms. The van der Waals surface area contributed by atoms with Crippen molar-refractivity contribution in [3.63, 3.8) is 0 Å². The zero-order valence-corrected chi connectivity index (χ0v) is 9.96. The predicted molar refractivity (Wildman–Crippen MR) is 66.3 cm³/mol.